The predicted molar refractivity (Wildman–Crippen MR) is 172 cm³/mol. The molecule has 0 aromatic carbocycles. The second-order valence-corrected chi connectivity index (χ2v) is 17.9. The monoisotopic (exact) mass is 581 g/mol. The molecule has 1 saturated heterocycles. The van der Waals surface area contributed by atoms with Crippen LogP contribution < -0.4 is 10.6 Å². The second kappa shape index (κ2) is 10.6. The molecule has 5 fully saturated rings. The van der Waals surface area contributed by atoms with E-state index in [0.717, 1.165) is 90.6 Å². The van der Waals surface area contributed by atoms with Crippen molar-refractivity contribution in [2.75, 3.05) is 39.3 Å². The Hall–Kier alpha value is -0.910. The molecule has 0 spiro atoms. The Morgan fingerprint density at radius 2 is 1.60 bits per heavy atom. The molecule has 0 radical (unpaired) electrons. The Morgan fingerprint density at radius 3 is 2.33 bits per heavy atom. The van der Waals surface area contributed by atoms with Gasteiger partial charge in [-0.3, -0.25) is 4.79 Å². The zero-order chi connectivity index (χ0) is 30.2. The zero-order valence-corrected chi connectivity index (χ0v) is 28.3. The first-order valence-electron chi connectivity index (χ1n) is 17.8. The number of nitrogens with one attached hydrogen (secondary N) is 2. The number of aliphatic hydroxyl groups excluding tert-OH is 1. The summed E-state index contributed by atoms with van der Waals surface area (Å²) in [4.78, 5) is 16.8. The van der Waals surface area contributed by atoms with E-state index in [1.165, 1.54) is 25.7 Å². The van der Waals surface area contributed by atoms with E-state index in [4.69, 9.17) is 0 Å². The minimum atomic E-state index is -0.291. The summed E-state index contributed by atoms with van der Waals surface area (Å²) < 4.78 is 0. The highest BCUT2D eigenvalue weighted by Gasteiger charge is 2.68. The highest BCUT2D eigenvalue weighted by atomic mass is 16.3. The summed E-state index contributed by atoms with van der Waals surface area (Å²) in [5, 5.41) is 18.0. The van der Waals surface area contributed by atoms with Gasteiger partial charge in [-0.25, -0.2) is 0 Å². The van der Waals surface area contributed by atoms with E-state index >= 15 is 0 Å². The maximum atomic E-state index is 14.3. The van der Waals surface area contributed by atoms with Crippen LogP contribution in [0.3, 0.4) is 0 Å². The summed E-state index contributed by atoms with van der Waals surface area (Å²) in [5.74, 6) is 1.62. The Kier molecular flexibility index (Phi) is 7.83. The lowest BCUT2D eigenvalue weighted by molar-refractivity contribution is -0.204. The first kappa shape index (κ1) is 31.1. The van der Waals surface area contributed by atoms with E-state index < -0.39 is 0 Å². The van der Waals surface area contributed by atoms with Crippen LogP contribution in [0.25, 0.3) is 0 Å². The van der Waals surface area contributed by atoms with Gasteiger partial charge in [0.25, 0.3) is 0 Å². The van der Waals surface area contributed by atoms with E-state index in [0.29, 0.717) is 17.7 Å². The molecule has 4 saturated carbocycles. The van der Waals surface area contributed by atoms with Gasteiger partial charge in [-0.15, -0.1) is 0 Å². The Bertz CT molecular complexity index is 1090. The summed E-state index contributed by atoms with van der Waals surface area (Å²) in [6.07, 6.45) is 13.3. The summed E-state index contributed by atoms with van der Waals surface area (Å²) >= 11 is 0. The molecule has 6 rings (SSSR count). The number of carbonyl (C=O) groups excluding carboxylic acids is 1. The lowest BCUT2D eigenvalue weighted by Crippen LogP contribution is -2.64. The number of nitrogens with zero attached hydrogens (tertiary/aromatic N) is 1. The topological polar surface area (TPSA) is 64.6 Å². The third kappa shape index (κ3) is 4.60. The fourth-order valence-electron chi connectivity index (χ4n) is 12.2. The SMILES string of the molecule is CC1(C)CC[C@]2(C(=O)NCCCN3CCNCC3)CC[C@]3(C)C(=C2C1)CC[C@@H]1[C@@]2(C)CC[C@H](O)C(C)(C)[C@@H]2CC[C@]13C. The summed E-state index contributed by atoms with van der Waals surface area (Å²) in [6.45, 7) is 23.8. The number of rotatable bonds is 5. The smallest absolute Gasteiger partial charge is 0.230 e. The van der Waals surface area contributed by atoms with Crippen LogP contribution in [-0.2, 0) is 4.79 Å². The molecular weight excluding hydrogens is 518 g/mol. The van der Waals surface area contributed by atoms with Gasteiger partial charge in [-0.2, -0.15) is 0 Å². The summed E-state index contributed by atoms with van der Waals surface area (Å²) in [5.41, 5.74) is 3.94. The molecule has 0 aromatic heterocycles. The quantitative estimate of drug-likeness (QED) is 0.250. The Balaban J connectivity index is 1.28. The number of piperazine rings is 1. The molecule has 1 amide bonds. The third-order valence-corrected chi connectivity index (χ3v) is 15.1. The average Bonchev–Trinajstić information content (AvgIpc) is 2.94. The molecule has 42 heavy (non-hydrogen) atoms. The molecule has 5 heteroatoms. The standard InChI is InChI=1S/C37H63N3O2/c1-32(2)15-17-37(31(42)39-19-8-22-40-23-20-38-21-24-40)18-16-35(6)26(27(37)25-32)9-10-29-34(5)13-12-30(41)33(3,4)28(34)11-14-36(29,35)7/h28-30,38,41H,8-25H2,1-7H3,(H,39,42)/t28-,29+,30-,34-,35+,36+,37-/m0/s1. The molecule has 0 bridgehead atoms. The van der Waals surface area contributed by atoms with Gasteiger partial charge in [0.05, 0.1) is 11.5 Å². The van der Waals surface area contributed by atoms with Crippen LogP contribution in [0.4, 0.5) is 0 Å². The minimum Gasteiger partial charge on any atom is -0.393 e. The fraction of sp³-hybridized carbons (Fsp3) is 0.919. The van der Waals surface area contributed by atoms with Gasteiger partial charge in [0, 0.05) is 32.7 Å². The fourth-order valence-corrected chi connectivity index (χ4v) is 12.2. The molecule has 5 aliphatic carbocycles. The highest BCUT2D eigenvalue weighted by molar-refractivity contribution is 5.87. The predicted octanol–water partition coefficient (Wildman–Crippen LogP) is 6.70. The summed E-state index contributed by atoms with van der Waals surface area (Å²) in [6, 6.07) is 0. The van der Waals surface area contributed by atoms with Crippen molar-refractivity contribution in [3.05, 3.63) is 11.1 Å². The zero-order valence-electron chi connectivity index (χ0n) is 28.3. The minimum absolute atomic E-state index is 0.00787. The molecule has 7 atom stereocenters. The van der Waals surface area contributed by atoms with Crippen molar-refractivity contribution in [1.29, 1.82) is 0 Å². The molecule has 6 aliphatic rings. The normalized spacial score (nSPS) is 44.8. The Labute approximate surface area is 257 Å². The maximum absolute atomic E-state index is 14.3. The molecule has 1 heterocycles. The second-order valence-electron chi connectivity index (χ2n) is 17.9. The van der Waals surface area contributed by atoms with Gasteiger partial charge >= 0.3 is 0 Å². The van der Waals surface area contributed by atoms with E-state index in [-0.39, 0.29) is 38.6 Å². The van der Waals surface area contributed by atoms with Crippen molar-refractivity contribution in [2.45, 2.75) is 132 Å². The van der Waals surface area contributed by atoms with E-state index in [2.05, 4.69) is 64.0 Å². The van der Waals surface area contributed by atoms with Crippen LogP contribution in [-0.4, -0.2) is 61.3 Å². The van der Waals surface area contributed by atoms with Crippen molar-refractivity contribution in [2.24, 2.45) is 44.3 Å². The van der Waals surface area contributed by atoms with Gasteiger partial charge in [0.2, 0.25) is 5.91 Å². The number of hydrogen-bond donors (Lipinski definition) is 3. The Morgan fingerprint density at radius 1 is 0.881 bits per heavy atom. The van der Waals surface area contributed by atoms with Crippen LogP contribution in [0.15, 0.2) is 11.1 Å². The largest absolute Gasteiger partial charge is 0.393 e. The lowest BCUT2D eigenvalue weighted by atomic mass is 9.34. The van der Waals surface area contributed by atoms with E-state index in [1.54, 1.807) is 11.1 Å². The third-order valence-electron chi connectivity index (χ3n) is 15.1. The molecular formula is C37H63N3O2. The number of allylic oxidation sites excluding steroid dienone is 1. The number of aliphatic hydroxyl groups is 1. The van der Waals surface area contributed by atoms with Crippen molar-refractivity contribution in [3.63, 3.8) is 0 Å². The lowest BCUT2D eigenvalue weighted by Gasteiger charge is -2.71. The van der Waals surface area contributed by atoms with Crippen molar-refractivity contribution in [3.8, 4) is 0 Å². The van der Waals surface area contributed by atoms with Gasteiger partial charge in [-0.05, 0) is 123 Å². The van der Waals surface area contributed by atoms with Crippen LogP contribution in [0.5, 0.6) is 0 Å². The van der Waals surface area contributed by atoms with Gasteiger partial charge < -0.3 is 20.6 Å². The van der Waals surface area contributed by atoms with Gasteiger partial charge in [0.1, 0.15) is 0 Å². The van der Waals surface area contributed by atoms with Crippen LogP contribution in [0.1, 0.15) is 126 Å². The van der Waals surface area contributed by atoms with Gasteiger partial charge in [0.15, 0.2) is 0 Å². The molecule has 238 valence electrons. The summed E-state index contributed by atoms with van der Waals surface area (Å²) in [7, 11) is 0. The van der Waals surface area contributed by atoms with Crippen molar-refractivity contribution >= 4 is 5.91 Å². The van der Waals surface area contributed by atoms with Gasteiger partial charge in [-0.1, -0.05) is 59.6 Å². The number of carbonyl (C=O) groups is 1. The molecule has 1 aliphatic heterocycles. The number of hydrogen-bond acceptors (Lipinski definition) is 4. The molecule has 0 unspecified atom stereocenters. The molecule has 0 aromatic rings. The first-order valence-corrected chi connectivity index (χ1v) is 17.8. The van der Waals surface area contributed by atoms with Crippen LogP contribution in [0.2, 0.25) is 0 Å². The van der Waals surface area contributed by atoms with Crippen molar-refractivity contribution in [1.82, 2.24) is 15.5 Å². The average molecular weight is 582 g/mol. The molecule has 5 nitrogen and oxygen atoms in total. The van der Waals surface area contributed by atoms with E-state index in [1.807, 2.05) is 0 Å². The van der Waals surface area contributed by atoms with Crippen LogP contribution >= 0.6 is 0 Å². The first-order chi connectivity index (χ1) is 19.7. The molecule has 3 N–H and O–H groups in total. The van der Waals surface area contributed by atoms with Crippen LogP contribution in [0, 0.1) is 44.3 Å². The van der Waals surface area contributed by atoms with E-state index in [9.17, 15) is 9.90 Å². The van der Waals surface area contributed by atoms with Crippen molar-refractivity contribution < 1.29 is 9.90 Å². The highest BCUT2D eigenvalue weighted by Crippen LogP contribution is 2.75. The number of fused-ring (bicyclic) bond motifs is 6. The maximum Gasteiger partial charge on any atom is 0.230 e. The number of amides is 1.